The molecule has 3 aromatic rings. The lowest BCUT2D eigenvalue weighted by Gasteiger charge is -2.26. The molecule has 0 saturated heterocycles. The Bertz CT molecular complexity index is 1690. The highest BCUT2D eigenvalue weighted by Gasteiger charge is 2.35. The van der Waals surface area contributed by atoms with Crippen molar-refractivity contribution in [3.63, 3.8) is 0 Å². The first kappa shape index (κ1) is 28.2. The van der Waals surface area contributed by atoms with Gasteiger partial charge in [-0.05, 0) is 57.0 Å². The number of carbonyl (C=O) groups is 1. The van der Waals surface area contributed by atoms with E-state index in [0.717, 1.165) is 11.3 Å². The number of carbonyl (C=O) groups excluding carboxylic acids is 1. The molecular formula is C27H26BrN3O7S. The molecule has 4 rings (SSSR count). The molecule has 1 aliphatic heterocycles. The van der Waals surface area contributed by atoms with E-state index in [1.54, 1.807) is 51.1 Å². The second-order valence-corrected chi connectivity index (χ2v) is 10.4. The zero-order valence-corrected chi connectivity index (χ0v) is 24.3. The fourth-order valence-electron chi connectivity index (χ4n) is 4.34. The number of hydrogen-bond acceptors (Lipinski definition) is 9. The highest BCUT2D eigenvalue weighted by atomic mass is 79.9. The van der Waals surface area contributed by atoms with E-state index in [0.29, 0.717) is 54.3 Å². The van der Waals surface area contributed by atoms with Crippen LogP contribution in [0.25, 0.3) is 6.08 Å². The van der Waals surface area contributed by atoms with Crippen molar-refractivity contribution in [2.75, 3.05) is 20.3 Å². The molecule has 0 radical (unpaired) electrons. The van der Waals surface area contributed by atoms with Gasteiger partial charge in [0.25, 0.3) is 11.2 Å². The summed E-state index contributed by atoms with van der Waals surface area (Å²) in [5, 5.41) is 11.4. The van der Waals surface area contributed by atoms with Crippen molar-refractivity contribution in [2.45, 2.75) is 33.7 Å². The highest BCUT2D eigenvalue weighted by Crippen LogP contribution is 2.41. The topological polar surface area (TPSA) is 122 Å². The maximum absolute atomic E-state index is 13.9. The summed E-state index contributed by atoms with van der Waals surface area (Å²) in [6.07, 6.45) is 1.59. The average molecular weight is 616 g/mol. The summed E-state index contributed by atoms with van der Waals surface area (Å²) in [5.41, 5.74) is 1.78. The van der Waals surface area contributed by atoms with Crippen molar-refractivity contribution in [2.24, 2.45) is 4.99 Å². The molecule has 1 atom stereocenters. The summed E-state index contributed by atoms with van der Waals surface area (Å²) in [7, 11) is 1.51. The molecule has 1 aliphatic rings. The second kappa shape index (κ2) is 11.5. The van der Waals surface area contributed by atoms with E-state index >= 15 is 0 Å². The minimum atomic E-state index is -0.881. The van der Waals surface area contributed by atoms with Crippen LogP contribution in [-0.2, 0) is 9.53 Å². The molecule has 12 heteroatoms. The van der Waals surface area contributed by atoms with Crippen LogP contribution in [0.3, 0.4) is 0 Å². The third-order valence-corrected chi connectivity index (χ3v) is 7.79. The zero-order valence-electron chi connectivity index (χ0n) is 21.9. The van der Waals surface area contributed by atoms with Gasteiger partial charge in [-0.1, -0.05) is 39.4 Å². The maximum Gasteiger partial charge on any atom is 0.338 e. The van der Waals surface area contributed by atoms with E-state index in [1.807, 2.05) is 6.92 Å². The first-order valence-corrected chi connectivity index (χ1v) is 13.7. The Morgan fingerprint density at radius 2 is 1.95 bits per heavy atom. The third-order valence-electron chi connectivity index (χ3n) is 6.12. The standard InChI is InChI=1S/C27H26BrN3O7S/c1-6-37-21-13-18(28)17(12-20(21)36-5)24-23(26(33)38-7-2)15(4)29-27-30(24)25(32)22(39-27)11-16-9-8-14(3)19(10-16)31(34)35/h8-13,24H,6-7H2,1-5H3/b22-11-/t24-/m0/s1. The highest BCUT2D eigenvalue weighted by molar-refractivity contribution is 9.10. The van der Waals surface area contributed by atoms with Crippen LogP contribution in [0.4, 0.5) is 5.69 Å². The van der Waals surface area contributed by atoms with Crippen LogP contribution in [0.5, 0.6) is 11.5 Å². The molecule has 2 heterocycles. The van der Waals surface area contributed by atoms with Gasteiger partial charge in [0.1, 0.15) is 0 Å². The van der Waals surface area contributed by atoms with Crippen molar-refractivity contribution in [3.05, 3.63) is 92.6 Å². The SMILES string of the molecule is CCOC(=O)C1=C(C)N=c2s/c(=C\c3ccc(C)c([N+](=O)[O-])c3)c(=O)n2[C@H]1c1cc(OC)c(OCC)cc1Br. The van der Waals surface area contributed by atoms with Crippen LogP contribution in [0.2, 0.25) is 0 Å². The fraction of sp³-hybridized carbons (Fsp3) is 0.296. The lowest BCUT2D eigenvalue weighted by Crippen LogP contribution is -2.40. The largest absolute Gasteiger partial charge is 0.493 e. The molecule has 0 bridgehead atoms. The van der Waals surface area contributed by atoms with E-state index < -0.39 is 22.5 Å². The Kier molecular flexibility index (Phi) is 8.36. The van der Waals surface area contributed by atoms with Gasteiger partial charge < -0.3 is 14.2 Å². The number of halogens is 1. The van der Waals surface area contributed by atoms with E-state index in [1.165, 1.54) is 17.7 Å². The lowest BCUT2D eigenvalue weighted by molar-refractivity contribution is -0.385. The Morgan fingerprint density at radius 1 is 1.21 bits per heavy atom. The Balaban J connectivity index is 1.99. The van der Waals surface area contributed by atoms with Crippen LogP contribution in [-0.4, -0.2) is 35.8 Å². The summed E-state index contributed by atoms with van der Waals surface area (Å²) < 4.78 is 18.9. The summed E-state index contributed by atoms with van der Waals surface area (Å²) in [5.74, 6) is 0.344. The van der Waals surface area contributed by atoms with E-state index in [9.17, 15) is 19.7 Å². The van der Waals surface area contributed by atoms with Crippen molar-refractivity contribution in [3.8, 4) is 11.5 Å². The molecule has 2 aromatic carbocycles. The average Bonchev–Trinajstić information content (AvgIpc) is 3.19. The normalized spacial score (nSPS) is 15.0. The Hall–Kier alpha value is -3.77. The predicted octanol–water partition coefficient (Wildman–Crippen LogP) is 4.18. The van der Waals surface area contributed by atoms with Crippen molar-refractivity contribution in [1.29, 1.82) is 0 Å². The van der Waals surface area contributed by atoms with Gasteiger partial charge in [0.05, 0.1) is 47.1 Å². The Morgan fingerprint density at radius 3 is 2.59 bits per heavy atom. The molecule has 204 valence electrons. The van der Waals surface area contributed by atoms with Gasteiger partial charge in [-0.15, -0.1) is 0 Å². The minimum Gasteiger partial charge on any atom is -0.493 e. The smallest absolute Gasteiger partial charge is 0.338 e. The first-order chi connectivity index (χ1) is 18.6. The number of esters is 1. The van der Waals surface area contributed by atoms with Gasteiger partial charge in [-0.3, -0.25) is 19.5 Å². The summed E-state index contributed by atoms with van der Waals surface area (Å²) in [4.78, 5) is 43.0. The fourth-order valence-corrected chi connectivity index (χ4v) is 5.92. The van der Waals surface area contributed by atoms with Crippen molar-refractivity contribution < 1.29 is 23.9 Å². The first-order valence-electron chi connectivity index (χ1n) is 12.1. The summed E-state index contributed by atoms with van der Waals surface area (Å²) in [6, 6.07) is 7.34. The van der Waals surface area contributed by atoms with Gasteiger partial charge >= 0.3 is 5.97 Å². The van der Waals surface area contributed by atoms with Crippen LogP contribution in [0.15, 0.2) is 55.9 Å². The molecule has 0 amide bonds. The van der Waals surface area contributed by atoms with Gasteiger partial charge in [0.2, 0.25) is 0 Å². The van der Waals surface area contributed by atoms with Gasteiger partial charge in [0, 0.05) is 16.1 Å². The van der Waals surface area contributed by atoms with Gasteiger partial charge in [-0.25, -0.2) is 9.79 Å². The number of aromatic nitrogens is 1. The number of thiazole rings is 1. The molecule has 1 aromatic heterocycles. The van der Waals surface area contributed by atoms with Crippen LogP contribution in [0.1, 0.15) is 43.5 Å². The monoisotopic (exact) mass is 615 g/mol. The quantitative estimate of drug-likeness (QED) is 0.211. The number of fused-ring (bicyclic) bond motifs is 1. The summed E-state index contributed by atoms with van der Waals surface area (Å²) >= 11 is 4.72. The predicted molar refractivity (Wildman–Crippen MR) is 150 cm³/mol. The van der Waals surface area contributed by atoms with Gasteiger partial charge in [0.15, 0.2) is 16.3 Å². The molecule has 0 unspecified atom stereocenters. The Labute approximate surface area is 236 Å². The van der Waals surface area contributed by atoms with E-state index in [4.69, 9.17) is 14.2 Å². The van der Waals surface area contributed by atoms with Crippen molar-refractivity contribution >= 4 is 45.0 Å². The number of hydrogen-bond donors (Lipinski definition) is 0. The molecule has 10 nitrogen and oxygen atoms in total. The molecular weight excluding hydrogens is 590 g/mol. The van der Waals surface area contributed by atoms with Crippen LogP contribution >= 0.6 is 27.3 Å². The molecule has 0 fully saturated rings. The number of nitro benzene ring substituents is 1. The number of ether oxygens (including phenoxy) is 3. The minimum absolute atomic E-state index is 0.0414. The van der Waals surface area contributed by atoms with E-state index in [-0.39, 0.29) is 17.9 Å². The number of rotatable bonds is 8. The number of allylic oxidation sites excluding steroid dienone is 1. The zero-order chi connectivity index (χ0) is 28.4. The van der Waals surface area contributed by atoms with Gasteiger partial charge in [-0.2, -0.15) is 0 Å². The molecule has 39 heavy (non-hydrogen) atoms. The second-order valence-electron chi connectivity index (χ2n) is 8.56. The van der Waals surface area contributed by atoms with E-state index in [2.05, 4.69) is 20.9 Å². The lowest BCUT2D eigenvalue weighted by atomic mass is 9.95. The molecule has 0 N–H and O–H groups in total. The van der Waals surface area contributed by atoms with Crippen molar-refractivity contribution in [1.82, 2.24) is 4.57 Å². The number of methoxy groups -OCH3 is 1. The number of benzene rings is 2. The molecule has 0 saturated carbocycles. The molecule has 0 aliphatic carbocycles. The summed E-state index contributed by atoms with van der Waals surface area (Å²) in [6.45, 7) is 7.47. The number of nitrogens with zero attached hydrogens (tertiary/aromatic N) is 3. The van der Waals surface area contributed by atoms with Crippen LogP contribution < -0.4 is 24.4 Å². The molecule has 0 spiro atoms. The maximum atomic E-state index is 13.9. The number of aryl methyl sites for hydroxylation is 1. The third kappa shape index (κ3) is 5.39. The van der Waals surface area contributed by atoms with Crippen LogP contribution in [0, 0.1) is 17.0 Å². The number of nitro groups is 1.